The number of carbonyl (C=O) groups is 2. The van der Waals surface area contributed by atoms with Gasteiger partial charge in [-0.15, -0.1) is 0 Å². The van der Waals surface area contributed by atoms with Crippen LogP contribution in [-0.4, -0.2) is 25.2 Å². The number of nitrogens with one attached hydrogen (secondary N) is 2. The van der Waals surface area contributed by atoms with Gasteiger partial charge in [-0.2, -0.15) is 0 Å². The number of benzene rings is 1. The van der Waals surface area contributed by atoms with Gasteiger partial charge in [0.15, 0.2) is 11.5 Å². The summed E-state index contributed by atoms with van der Waals surface area (Å²) in [5, 5.41) is 5.81. The maximum atomic E-state index is 12.6. The molecular formula is C23H30N2O4. The maximum absolute atomic E-state index is 12.6. The molecule has 0 spiro atoms. The number of hydrogen-bond acceptors (Lipinski definition) is 4. The molecule has 156 valence electrons. The number of rotatable bonds is 6. The van der Waals surface area contributed by atoms with Crippen molar-refractivity contribution in [1.29, 1.82) is 0 Å². The highest BCUT2D eigenvalue weighted by Gasteiger charge is 2.51. The highest BCUT2D eigenvalue weighted by atomic mass is 16.7. The largest absolute Gasteiger partial charge is 0.454 e. The molecule has 1 atom stereocenters. The van der Waals surface area contributed by atoms with Crippen LogP contribution >= 0.6 is 0 Å². The molecule has 4 aliphatic carbocycles. The Morgan fingerprint density at radius 1 is 1.03 bits per heavy atom. The van der Waals surface area contributed by atoms with Crippen LogP contribution in [0.2, 0.25) is 0 Å². The molecule has 4 fully saturated rings. The van der Waals surface area contributed by atoms with Crippen LogP contribution in [0.3, 0.4) is 0 Å². The molecule has 6 nitrogen and oxygen atoms in total. The molecule has 0 aromatic heterocycles. The lowest BCUT2D eigenvalue weighted by Crippen LogP contribution is -2.48. The van der Waals surface area contributed by atoms with Crippen LogP contribution < -0.4 is 20.1 Å². The van der Waals surface area contributed by atoms with Crippen LogP contribution in [0.5, 0.6) is 11.5 Å². The standard InChI is InChI=1S/C23H30N2O4/c1-14(18-2-3-19-20(7-18)29-13-28-19)25-22(27)12-24-21(26)11-23-8-15-4-16(9-23)6-17(5-15)10-23/h2-3,7,14-17H,4-6,8-13H2,1H3,(H,24,26)(H,25,27). The third-order valence-corrected chi connectivity index (χ3v) is 7.42. The molecule has 29 heavy (non-hydrogen) atoms. The van der Waals surface area contributed by atoms with E-state index in [4.69, 9.17) is 9.47 Å². The first-order chi connectivity index (χ1) is 14.0. The summed E-state index contributed by atoms with van der Waals surface area (Å²) in [5.41, 5.74) is 1.15. The van der Waals surface area contributed by atoms with Crippen LogP contribution in [0.4, 0.5) is 0 Å². The van der Waals surface area contributed by atoms with Gasteiger partial charge < -0.3 is 20.1 Å². The normalized spacial score (nSPS) is 32.1. The predicted molar refractivity (Wildman–Crippen MR) is 107 cm³/mol. The highest BCUT2D eigenvalue weighted by molar-refractivity contribution is 5.85. The molecule has 5 aliphatic rings. The second-order valence-electron chi connectivity index (χ2n) is 9.77. The SMILES string of the molecule is CC(NC(=O)CNC(=O)CC12CC3CC(CC(C3)C1)C2)c1ccc2c(c1)OCO2. The van der Waals surface area contributed by atoms with E-state index in [9.17, 15) is 9.59 Å². The van der Waals surface area contributed by atoms with E-state index in [1.807, 2.05) is 25.1 Å². The third-order valence-electron chi connectivity index (χ3n) is 7.42. The lowest BCUT2D eigenvalue weighted by Gasteiger charge is -2.56. The Balaban J connectivity index is 1.11. The van der Waals surface area contributed by atoms with Crippen molar-refractivity contribution in [3.63, 3.8) is 0 Å². The quantitative estimate of drug-likeness (QED) is 0.771. The number of ether oxygens (including phenoxy) is 2. The molecule has 1 aromatic carbocycles. The summed E-state index contributed by atoms with van der Waals surface area (Å²) in [4.78, 5) is 24.9. The molecule has 2 N–H and O–H groups in total. The Labute approximate surface area is 171 Å². The predicted octanol–water partition coefficient (Wildman–Crippen LogP) is 3.32. The molecule has 1 unspecified atom stereocenters. The van der Waals surface area contributed by atoms with E-state index in [2.05, 4.69) is 10.6 Å². The first-order valence-corrected chi connectivity index (χ1v) is 10.9. The molecule has 0 radical (unpaired) electrons. The van der Waals surface area contributed by atoms with Gasteiger partial charge in [0.2, 0.25) is 18.6 Å². The van der Waals surface area contributed by atoms with Crippen molar-refractivity contribution in [3.8, 4) is 11.5 Å². The summed E-state index contributed by atoms with van der Waals surface area (Å²) in [7, 11) is 0. The van der Waals surface area contributed by atoms with Gasteiger partial charge in [0.05, 0.1) is 12.6 Å². The molecular weight excluding hydrogens is 368 g/mol. The monoisotopic (exact) mass is 398 g/mol. The van der Waals surface area contributed by atoms with Crippen molar-refractivity contribution in [2.24, 2.45) is 23.2 Å². The van der Waals surface area contributed by atoms with Gasteiger partial charge in [-0.1, -0.05) is 6.07 Å². The van der Waals surface area contributed by atoms with E-state index in [1.165, 1.54) is 38.5 Å². The zero-order valence-corrected chi connectivity index (χ0v) is 17.0. The average Bonchev–Trinajstić information content (AvgIpc) is 3.12. The van der Waals surface area contributed by atoms with Crippen molar-refractivity contribution >= 4 is 11.8 Å². The Kier molecular flexibility index (Phi) is 4.67. The van der Waals surface area contributed by atoms with Gasteiger partial charge in [-0.05, 0) is 86.3 Å². The minimum absolute atomic E-state index is 0.0258. The van der Waals surface area contributed by atoms with E-state index in [0.717, 1.165) is 29.1 Å². The van der Waals surface area contributed by atoms with Gasteiger partial charge in [0.1, 0.15) is 0 Å². The van der Waals surface area contributed by atoms with Gasteiger partial charge >= 0.3 is 0 Å². The third kappa shape index (κ3) is 3.81. The Morgan fingerprint density at radius 2 is 1.69 bits per heavy atom. The smallest absolute Gasteiger partial charge is 0.239 e. The fourth-order valence-electron chi connectivity index (χ4n) is 6.65. The van der Waals surface area contributed by atoms with Crippen molar-refractivity contribution in [1.82, 2.24) is 10.6 Å². The van der Waals surface area contributed by atoms with Crippen LogP contribution in [-0.2, 0) is 9.59 Å². The molecule has 1 aliphatic heterocycles. The summed E-state index contributed by atoms with van der Waals surface area (Å²) in [5.74, 6) is 3.78. The summed E-state index contributed by atoms with van der Waals surface area (Å²) in [6, 6.07) is 5.49. The van der Waals surface area contributed by atoms with Gasteiger partial charge in [-0.25, -0.2) is 0 Å². The number of amides is 2. The first kappa shape index (κ1) is 18.8. The molecule has 0 saturated heterocycles. The van der Waals surface area contributed by atoms with Crippen molar-refractivity contribution in [2.75, 3.05) is 13.3 Å². The number of fused-ring (bicyclic) bond motifs is 1. The zero-order valence-electron chi connectivity index (χ0n) is 17.0. The first-order valence-electron chi connectivity index (χ1n) is 10.9. The Hall–Kier alpha value is -2.24. The summed E-state index contributed by atoms with van der Waals surface area (Å²) < 4.78 is 10.7. The van der Waals surface area contributed by atoms with E-state index >= 15 is 0 Å². The van der Waals surface area contributed by atoms with Crippen molar-refractivity contribution in [3.05, 3.63) is 23.8 Å². The fraction of sp³-hybridized carbons (Fsp3) is 0.652. The van der Waals surface area contributed by atoms with Crippen LogP contribution in [0, 0.1) is 23.2 Å². The minimum Gasteiger partial charge on any atom is -0.454 e. The second kappa shape index (κ2) is 7.22. The zero-order chi connectivity index (χ0) is 20.0. The summed E-state index contributed by atoms with van der Waals surface area (Å²) in [6.07, 6.45) is 8.34. The molecule has 1 heterocycles. The second-order valence-corrected chi connectivity index (χ2v) is 9.77. The average molecular weight is 399 g/mol. The van der Waals surface area contributed by atoms with Crippen molar-refractivity contribution in [2.45, 2.75) is 57.9 Å². The van der Waals surface area contributed by atoms with Crippen molar-refractivity contribution < 1.29 is 19.1 Å². The Morgan fingerprint density at radius 3 is 2.38 bits per heavy atom. The lowest BCUT2D eigenvalue weighted by molar-refractivity contribution is -0.132. The van der Waals surface area contributed by atoms with Crippen LogP contribution in [0.1, 0.15) is 63.5 Å². The lowest BCUT2D eigenvalue weighted by atomic mass is 9.49. The fourth-order valence-corrected chi connectivity index (χ4v) is 6.65. The molecule has 1 aromatic rings. The summed E-state index contributed by atoms with van der Waals surface area (Å²) in [6.45, 7) is 2.18. The molecule has 4 saturated carbocycles. The van der Waals surface area contributed by atoms with Gasteiger partial charge in [-0.3, -0.25) is 9.59 Å². The molecule has 2 amide bonds. The van der Waals surface area contributed by atoms with E-state index < -0.39 is 0 Å². The molecule has 6 heteroatoms. The molecule has 6 rings (SSSR count). The van der Waals surface area contributed by atoms with Gasteiger partial charge in [0.25, 0.3) is 0 Å². The van der Waals surface area contributed by atoms with Crippen LogP contribution in [0.15, 0.2) is 18.2 Å². The topological polar surface area (TPSA) is 76.7 Å². The van der Waals surface area contributed by atoms with Crippen LogP contribution in [0.25, 0.3) is 0 Å². The highest BCUT2D eigenvalue weighted by Crippen LogP contribution is 2.61. The molecule has 4 bridgehead atoms. The summed E-state index contributed by atoms with van der Waals surface area (Å²) >= 11 is 0. The van der Waals surface area contributed by atoms with E-state index in [0.29, 0.717) is 12.2 Å². The minimum atomic E-state index is -0.172. The number of hydrogen-bond donors (Lipinski definition) is 2. The van der Waals surface area contributed by atoms with E-state index in [1.54, 1.807) is 0 Å². The maximum Gasteiger partial charge on any atom is 0.239 e. The Bertz CT molecular complexity index is 786. The van der Waals surface area contributed by atoms with Gasteiger partial charge in [0, 0.05) is 6.42 Å². The van der Waals surface area contributed by atoms with E-state index in [-0.39, 0.29) is 36.6 Å². The number of carbonyl (C=O) groups excluding carboxylic acids is 2.